The number of hydrogen-bond acceptors (Lipinski definition) is 4. The molecule has 0 unspecified atom stereocenters. The third-order valence-corrected chi connectivity index (χ3v) is 2.26. The van der Waals surface area contributed by atoms with Crippen molar-refractivity contribution in [1.82, 2.24) is 14.8 Å². The molecule has 82 valence electrons. The molecule has 0 spiro atoms. The molecular formula is C11H11N3O2. The number of nitrogens with zero attached hydrogens (tertiary/aromatic N) is 3. The predicted octanol–water partition coefficient (Wildman–Crippen LogP) is 1.05. The van der Waals surface area contributed by atoms with Gasteiger partial charge in [-0.3, -0.25) is 14.5 Å². The Morgan fingerprint density at radius 1 is 1.44 bits per heavy atom. The number of methoxy groups -OCH3 is 1. The van der Waals surface area contributed by atoms with Gasteiger partial charge in [0.25, 0.3) is 0 Å². The molecule has 0 fully saturated rings. The molecule has 0 radical (unpaired) electrons. The smallest absolute Gasteiger partial charge is 0.212 e. The average molecular weight is 217 g/mol. The van der Waals surface area contributed by atoms with Crippen molar-refractivity contribution >= 4 is 5.78 Å². The summed E-state index contributed by atoms with van der Waals surface area (Å²) in [4.78, 5) is 16.0. The minimum atomic E-state index is -0.119. The topological polar surface area (TPSA) is 57.0 Å². The van der Waals surface area contributed by atoms with Crippen molar-refractivity contribution in [1.29, 1.82) is 0 Å². The molecule has 0 aliphatic rings. The zero-order valence-electron chi connectivity index (χ0n) is 9.04. The van der Waals surface area contributed by atoms with Gasteiger partial charge in [-0.05, 0) is 12.1 Å². The van der Waals surface area contributed by atoms with Crippen LogP contribution >= 0.6 is 0 Å². The molecule has 0 amide bonds. The van der Waals surface area contributed by atoms with Crippen LogP contribution in [0.5, 0.6) is 5.75 Å². The second-order valence-corrected chi connectivity index (χ2v) is 3.28. The summed E-state index contributed by atoms with van der Waals surface area (Å²) in [6, 6.07) is 3.32. The monoisotopic (exact) mass is 217 g/mol. The fourth-order valence-electron chi connectivity index (χ4n) is 1.40. The maximum Gasteiger partial charge on any atom is 0.212 e. The van der Waals surface area contributed by atoms with Crippen molar-refractivity contribution in [3.05, 3.63) is 42.0 Å². The fraction of sp³-hybridized carbons (Fsp3) is 0.182. The lowest BCUT2D eigenvalue weighted by molar-refractivity contribution is 0.102. The molecule has 0 saturated heterocycles. The van der Waals surface area contributed by atoms with E-state index in [1.54, 1.807) is 31.6 Å². The van der Waals surface area contributed by atoms with Crippen LogP contribution < -0.4 is 4.74 Å². The van der Waals surface area contributed by atoms with Gasteiger partial charge in [0.1, 0.15) is 11.4 Å². The zero-order chi connectivity index (χ0) is 11.5. The molecule has 0 saturated carbocycles. The number of carbonyl (C=O) groups excluding carboxylic acids is 1. The molecule has 0 atom stereocenters. The summed E-state index contributed by atoms with van der Waals surface area (Å²) in [6.07, 6.45) is 4.65. The maximum absolute atomic E-state index is 12.0. The summed E-state index contributed by atoms with van der Waals surface area (Å²) < 4.78 is 6.55. The molecule has 0 aromatic carbocycles. The second-order valence-electron chi connectivity index (χ2n) is 3.28. The van der Waals surface area contributed by atoms with E-state index in [1.165, 1.54) is 18.0 Å². The van der Waals surface area contributed by atoms with E-state index in [1.807, 2.05) is 0 Å². The standard InChI is InChI=1S/C11H11N3O2/c1-14-10(3-4-13-14)11(15)8-5-9(16-2)7-12-6-8/h3-7H,1-2H3. The number of aryl methyl sites for hydroxylation is 1. The molecule has 2 heterocycles. The van der Waals surface area contributed by atoms with Crippen LogP contribution in [-0.2, 0) is 7.05 Å². The Bertz CT molecular complexity index is 519. The average Bonchev–Trinajstić information content (AvgIpc) is 2.74. The summed E-state index contributed by atoms with van der Waals surface area (Å²) in [5, 5.41) is 3.95. The largest absolute Gasteiger partial charge is 0.495 e. The molecule has 5 heteroatoms. The van der Waals surface area contributed by atoms with E-state index < -0.39 is 0 Å². The van der Waals surface area contributed by atoms with E-state index in [-0.39, 0.29) is 5.78 Å². The molecule has 0 aliphatic heterocycles. The van der Waals surface area contributed by atoms with Crippen LogP contribution in [0.1, 0.15) is 16.1 Å². The summed E-state index contributed by atoms with van der Waals surface area (Å²) in [5.74, 6) is 0.444. The van der Waals surface area contributed by atoms with Crippen LogP contribution in [0.2, 0.25) is 0 Å². The molecule has 2 aromatic rings. The number of carbonyl (C=O) groups is 1. The first-order chi connectivity index (χ1) is 7.72. The van der Waals surface area contributed by atoms with Crippen LogP contribution in [0.15, 0.2) is 30.7 Å². The van der Waals surface area contributed by atoms with Gasteiger partial charge in [-0.2, -0.15) is 5.10 Å². The molecule has 2 aromatic heterocycles. The van der Waals surface area contributed by atoms with E-state index >= 15 is 0 Å². The molecule has 0 N–H and O–H groups in total. The Balaban J connectivity index is 2.38. The quantitative estimate of drug-likeness (QED) is 0.721. The molecular weight excluding hydrogens is 206 g/mol. The van der Waals surface area contributed by atoms with Crippen LogP contribution in [0.3, 0.4) is 0 Å². The molecule has 16 heavy (non-hydrogen) atoms. The Kier molecular flexibility index (Phi) is 2.68. The normalized spacial score (nSPS) is 10.1. The van der Waals surface area contributed by atoms with Crippen LogP contribution in [0, 0.1) is 0 Å². The third-order valence-electron chi connectivity index (χ3n) is 2.26. The fourth-order valence-corrected chi connectivity index (χ4v) is 1.40. The van der Waals surface area contributed by atoms with Gasteiger partial charge in [-0.15, -0.1) is 0 Å². The van der Waals surface area contributed by atoms with Gasteiger partial charge in [0.05, 0.1) is 13.3 Å². The second kappa shape index (κ2) is 4.14. The predicted molar refractivity (Wildman–Crippen MR) is 57.4 cm³/mol. The van der Waals surface area contributed by atoms with Gasteiger partial charge < -0.3 is 4.74 Å². The number of ether oxygens (including phenoxy) is 1. The van der Waals surface area contributed by atoms with Crippen molar-refractivity contribution in [2.45, 2.75) is 0 Å². The minimum Gasteiger partial charge on any atom is -0.495 e. The Hall–Kier alpha value is -2.17. The van der Waals surface area contributed by atoms with Gasteiger partial charge in [0.15, 0.2) is 0 Å². The number of hydrogen-bond donors (Lipinski definition) is 0. The van der Waals surface area contributed by atoms with E-state index in [2.05, 4.69) is 10.1 Å². The molecule has 2 rings (SSSR count). The first kappa shape index (κ1) is 10.4. The number of rotatable bonds is 3. The van der Waals surface area contributed by atoms with Gasteiger partial charge in [0.2, 0.25) is 5.78 Å². The van der Waals surface area contributed by atoms with E-state index in [9.17, 15) is 4.79 Å². The van der Waals surface area contributed by atoms with E-state index in [0.717, 1.165) is 0 Å². The number of ketones is 1. The highest BCUT2D eigenvalue weighted by molar-refractivity contribution is 6.07. The van der Waals surface area contributed by atoms with Crippen LogP contribution in [-0.4, -0.2) is 27.7 Å². The van der Waals surface area contributed by atoms with Gasteiger partial charge in [0, 0.05) is 25.0 Å². The van der Waals surface area contributed by atoms with Gasteiger partial charge in [-0.25, -0.2) is 0 Å². The Morgan fingerprint density at radius 2 is 2.25 bits per heavy atom. The highest BCUT2D eigenvalue weighted by Crippen LogP contribution is 2.13. The van der Waals surface area contributed by atoms with Gasteiger partial charge in [-0.1, -0.05) is 0 Å². The van der Waals surface area contributed by atoms with Crippen molar-refractivity contribution in [2.75, 3.05) is 7.11 Å². The summed E-state index contributed by atoms with van der Waals surface area (Å²) in [6.45, 7) is 0. The van der Waals surface area contributed by atoms with Crippen molar-refractivity contribution in [3.8, 4) is 5.75 Å². The Morgan fingerprint density at radius 3 is 2.88 bits per heavy atom. The number of aromatic nitrogens is 3. The van der Waals surface area contributed by atoms with Gasteiger partial charge >= 0.3 is 0 Å². The van der Waals surface area contributed by atoms with Crippen LogP contribution in [0.4, 0.5) is 0 Å². The summed E-state index contributed by atoms with van der Waals surface area (Å²) >= 11 is 0. The van der Waals surface area contributed by atoms with E-state index in [4.69, 9.17) is 4.74 Å². The highest BCUT2D eigenvalue weighted by atomic mass is 16.5. The van der Waals surface area contributed by atoms with Crippen molar-refractivity contribution < 1.29 is 9.53 Å². The first-order valence-corrected chi connectivity index (χ1v) is 4.74. The summed E-state index contributed by atoms with van der Waals surface area (Å²) in [5.41, 5.74) is 1.01. The minimum absolute atomic E-state index is 0.119. The number of pyridine rings is 1. The zero-order valence-corrected chi connectivity index (χ0v) is 9.04. The first-order valence-electron chi connectivity index (χ1n) is 4.74. The summed E-state index contributed by atoms with van der Waals surface area (Å²) in [7, 11) is 3.26. The molecule has 0 aliphatic carbocycles. The maximum atomic E-state index is 12.0. The lowest BCUT2D eigenvalue weighted by Crippen LogP contribution is -2.08. The van der Waals surface area contributed by atoms with E-state index in [0.29, 0.717) is 17.0 Å². The van der Waals surface area contributed by atoms with Crippen LogP contribution in [0.25, 0.3) is 0 Å². The lowest BCUT2D eigenvalue weighted by Gasteiger charge is -2.03. The van der Waals surface area contributed by atoms with Crippen molar-refractivity contribution in [2.24, 2.45) is 7.05 Å². The Labute approximate surface area is 92.7 Å². The third kappa shape index (κ3) is 1.79. The lowest BCUT2D eigenvalue weighted by atomic mass is 10.1. The SMILES string of the molecule is COc1cncc(C(=O)c2ccnn2C)c1. The van der Waals surface area contributed by atoms with Crippen molar-refractivity contribution in [3.63, 3.8) is 0 Å². The molecule has 0 bridgehead atoms. The highest BCUT2D eigenvalue weighted by Gasteiger charge is 2.13. The molecule has 5 nitrogen and oxygen atoms in total.